The van der Waals surface area contributed by atoms with E-state index in [2.05, 4.69) is 15.0 Å². The Morgan fingerprint density at radius 2 is 2.06 bits per heavy atom. The van der Waals surface area contributed by atoms with E-state index in [0.29, 0.717) is 13.0 Å². The van der Waals surface area contributed by atoms with Gasteiger partial charge < -0.3 is 10.3 Å². The van der Waals surface area contributed by atoms with Crippen LogP contribution in [0.4, 0.5) is 0 Å². The van der Waals surface area contributed by atoms with Gasteiger partial charge in [-0.15, -0.1) is 0 Å². The van der Waals surface area contributed by atoms with Gasteiger partial charge in [0.25, 0.3) is 5.91 Å². The molecule has 0 bridgehead atoms. The maximum Gasteiger partial charge on any atom is 0.267 e. The summed E-state index contributed by atoms with van der Waals surface area (Å²) in [6.45, 7) is 0.572. The quantitative estimate of drug-likeness (QED) is 0.580. The average molecular weight is 273 g/mol. The molecular formula is C10H15N3O4S. The number of amides is 1. The molecule has 3 N–H and O–H groups in total. The Hall–Kier alpha value is -1.67. The van der Waals surface area contributed by atoms with Crippen molar-refractivity contribution in [1.82, 2.24) is 15.0 Å². The number of carbonyl (C=O) groups is 1. The first kappa shape index (κ1) is 14.4. The number of hydrogen-bond donors (Lipinski definition) is 3. The number of sulfonamides is 1. The summed E-state index contributed by atoms with van der Waals surface area (Å²) < 4.78 is 23.8. The standard InChI is InChI=1S/C10H15N3O4S/c1-18(16,17)12-7-3-6-11-10(15)8-4-2-5-9(14)13-8/h2,4-5,12H,3,6-7H2,1H3,(H,11,15)(H,13,14). The highest BCUT2D eigenvalue weighted by atomic mass is 32.2. The van der Waals surface area contributed by atoms with Crippen LogP contribution in [0.3, 0.4) is 0 Å². The van der Waals surface area contributed by atoms with Crippen molar-refractivity contribution in [3.8, 4) is 0 Å². The van der Waals surface area contributed by atoms with Crippen LogP contribution in [-0.2, 0) is 10.0 Å². The zero-order chi connectivity index (χ0) is 13.6. The predicted octanol–water partition coefficient (Wildman–Crippen LogP) is -0.956. The summed E-state index contributed by atoms with van der Waals surface area (Å²) in [6, 6.07) is 4.29. The van der Waals surface area contributed by atoms with Gasteiger partial charge in [-0.2, -0.15) is 0 Å². The molecule has 1 aromatic heterocycles. The highest BCUT2D eigenvalue weighted by Crippen LogP contribution is 1.89. The van der Waals surface area contributed by atoms with E-state index in [0.717, 1.165) is 6.26 Å². The van der Waals surface area contributed by atoms with E-state index >= 15 is 0 Å². The second kappa shape index (κ2) is 6.31. The lowest BCUT2D eigenvalue weighted by Crippen LogP contribution is -2.30. The normalized spacial score (nSPS) is 11.2. The first-order valence-corrected chi connectivity index (χ1v) is 7.20. The van der Waals surface area contributed by atoms with E-state index in [4.69, 9.17) is 0 Å². The van der Waals surface area contributed by atoms with Crippen molar-refractivity contribution in [3.05, 3.63) is 34.2 Å². The lowest BCUT2D eigenvalue weighted by molar-refractivity contribution is 0.0948. The van der Waals surface area contributed by atoms with Crippen LogP contribution < -0.4 is 15.6 Å². The van der Waals surface area contributed by atoms with E-state index in [1.54, 1.807) is 0 Å². The lowest BCUT2D eigenvalue weighted by atomic mass is 10.3. The third-order valence-electron chi connectivity index (χ3n) is 2.02. The van der Waals surface area contributed by atoms with Crippen LogP contribution >= 0.6 is 0 Å². The molecule has 100 valence electrons. The molecule has 0 aliphatic rings. The Morgan fingerprint density at radius 3 is 2.67 bits per heavy atom. The number of aromatic amines is 1. The summed E-state index contributed by atoms with van der Waals surface area (Å²) in [4.78, 5) is 24.9. The lowest BCUT2D eigenvalue weighted by Gasteiger charge is -2.05. The number of aromatic nitrogens is 1. The topological polar surface area (TPSA) is 108 Å². The molecule has 1 heterocycles. The van der Waals surface area contributed by atoms with Crippen molar-refractivity contribution in [2.24, 2.45) is 0 Å². The van der Waals surface area contributed by atoms with Gasteiger partial charge in [0, 0.05) is 19.2 Å². The molecule has 0 fully saturated rings. The van der Waals surface area contributed by atoms with Gasteiger partial charge in [0.2, 0.25) is 15.6 Å². The summed E-state index contributed by atoms with van der Waals surface area (Å²) in [5.41, 5.74) is -0.167. The minimum absolute atomic E-state index is 0.179. The van der Waals surface area contributed by atoms with Gasteiger partial charge in [0.05, 0.1) is 6.26 Å². The number of nitrogens with one attached hydrogen (secondary N) is 3. The molecule has 1 aromatic rings. The summed E-state index contributed by atoms with van der Waals surface area (Å²) in [6.07, 6.45) is 1.54. The zero-order valence-corrected chi connectivity index (χ0v) is 10.7. The van der Waals surface area contributed by atoms with Crippen LogP contribution in [0.25, 0.3) is 0 Å². The summed E-state index contributed by atoms with van der Waals surface area (Å²) in [5, 5.41) is 2.57. The molecule has 1 rings (SSSR count). The van der Waals surface area contributed by atoms with Gasteiger partial charge >= 0.3 is 0 Å². The van der Waals surface area contributed by atoms with Crippen LogP contribution in [0, 0.1) is 0 Å². The number of rotatable bonds is 6. The molecule has 0 unspecified atom stereocenters. The van der Waals surface area contributed by atoms with Gasteiger partial charge in [-0.3, -0.25) is 9.59 Å². The molecule has 18 heavy (non-hydrogen) atoms. The monoisotopic (exact) mass is 273 g/mol. The SMILES string of the molecule is CS(=O)(=O)NCCCNC(=O)c1cccc(=O)[nH]1. The largest absolute Gasteiger partial charge is 0.351 e. The minimum atomic E-state index is -3.19. The highest BCUT2D eigenvalue weighted by Gasteiger charge is 2.05. The summed E-state index contributed by atoms with van der Waals surface area (Å²) in [5.74, 6) is -0.396. The molecule has 7 nitrogen and oxygen atoms in total. The molecule has 0 saturated heterocycles. The van der Waals surface area contributed by atoms with E-state index in [1.807, 2.05) is 0 Å². The Bertz CT molecular complexity index is 564. The molecule has 0 saturated carbocycles. The van der Waals surface area contributed by atoms with Crippen LogP contribution in [0.5, 0.6) is 0 Å². The number of hydrogen-bond acceptors (Lipinski definition) is 4. The molecular weight excluding hydrogens is 258 g/mol. The van der Waals surface area contributed by atoms with Crippen molar-refractivity contribution in [2.75, 3.05) is 19.3 Å². The first-order valence-electron chi connectivity index (χ1n) is 5.31. The highest BCUT2D eigenvalue weighted by molar-refractivity contribution is 7.88. The average Bonchev–Trinajstić information content (AvgIpc) is 2.26. The molecule has 1 amide bonds. The molecule has 0 atom stereocenters. The maximum absolute atomic E-state index is 11.5. The maximum atomic E-state index is 11.5. The van der Waals surface area contributed by atoms with Crippen molar-refractivity contribution in [2.45, 2.75) is 6.42 Å². The van der Waals surface area contributed by atoms with Crippen LogP contribution in [0.2, 0.25) is 0 Å². The van der Waals surface area contributed by atoms with E-state index < -0.39 is 15.9 Å². The Labute approximate surface area is 105 Å². The fraction of sp³-hybridized carbons (Fsp3) is 0.400. The molecule has 8 heteroatoms. The van der Waals surface area contributed by atoms with E-state index in [1.165, 1.54) is 18.2 Å². The minimum Gasteiger partial charge on any atom is -0.351 e. The Kier molecular flexibility index (Phi) is 5.05. The zero-order valence-electron chi connectivity index (χ0n) is 9.89. The fourth-order valence-electron chi connectivity index (χ4n) is 1.22. The summed E-state index contributed by atoms with van der Waals surface area (Å²) >= 11 is 0. The van der Waals surface area contributed by atoms with Crippen molar-refractivity contribution in [3.63, 3.8) is 0 Å². The Balaban J connectivity index is 2.32. The molecule has 0 aliphatic heterocycles. The summed E-state index contributed by atoms with van der Waals surface area (Å²) in [7, 11) is -3.19. The molecule has 0 aromatic carbocycles. The van der Waals surface area contributed by atoms with Gasteiger partial charge in [0.1, 0.15) is 5.69 Å². The first-order chi connectivity index (χ1) is 8.38. The number of carbonyl (C=O) groups excluding carboxylic acids is 1. The van der Waals surface area contributed by atoms with Gasteiger partial charge in [-0.1, -0.05) is 6.07 Å². The van der Waals surface area contributed by atoms with Crippen LogP contribution in [-0.4, -0.2) is 38.7 Å². The van der Waals surface area contributed by atoms with E-state index in [-0.39, 0.29) is 17.8 Å². The predicted molar refractivity (Wildman–Crippen MR) is 66.9 cm³/mol. The smallest absolute Gasteiger partial charge is 0.267 e. The molecule has 0 radical (unpaired) electrons. The fourth-order valence-corrected chi connectivity index (χ4v) is 1.74. The van der Waals surface area contributed by atoms with Crippen molar-refractivity contribution < 1.29 is 13.2 Å². The third kappa shape index (κ3) is 5.60. The third-order valence-corrected chi connectivity index (χ3v) is 2.74. The van der Waals surface area contributed by atoms with E-state index in [9.17, 15) is 18.0 Å². The van der Waals surface area contributed by atoms with Crippen LogP contribution in [0.15, 0.2) is 23.0 Å². The van der Waals surface area contributed by atoms with Gasteiger partial charge in [-0.25, -0.2) is 13.1 Å². The van der Waals surface area contributed by atoms with Gasteiger partial charge in [-0.05, 0) is 12.5 Å². The Morgan fingerprint density at radius 1 is 1.33 bits per heavy atom. The van der Waals surface area contributed by atoms with Crippen LogP contribution in [0.1, 0.15) is 16.9 Å². The van der Waals surface area contributed by atoms with Crippen molar-refractivity contribution in [1.29, 1.82) is 0 Å². The second-order valence-corrected chi connectivity index (χ2v) is 5.54. The van der Waals surface area contributed by atoms with Gasteiger partial charge in [0.15, 0.2) is 0 Å². The van der Waals surface area contributed by atoms with Crippen molar-refractivity contribution >= 4 is 15.9 Å². The molecule has 0 spiro atoms. The number of pyridine rings is 1. The second-order valence-electron chi connectivity index (χ2n) is 3.70. The number of H-pyrrole nitrogens is 1. The molecule has 0 aliphatic carbocycles.